The van der Waals surface area contributed by atoms with Gasteiger partial charge in [0.1, 0.15) is 17.3 Å². The standard InChI is InChI=1S/C30H25F4N5O2/c1-15-28(16(2)41-37-15)17-7-10-25-24(11-17)36-30(39(25)19-13-22(33)29(35-3)23(34)14-19)26-5-4-6-27(40)38(26)18-8-9-20(31)21(32)12-18/h7-14,26,35H,4-6H2,1-3H3/t26-/m0/s1. The summed E-state index contributed by atoms with van der Waals surface area (Å²) >= 11 is 0. The number of amides is 1. The summed E-state index contributed by atoms with van der Waals surface area (Å²) in [5.74, 6) is -3.10. The zero-order chi connectivity index (χ0) is 29.0. The number of aromatic nitrogens is 3. The molecule has 0 spiro atoms. The quantitative estimate of drug-likeness (QED) is 0.230. The fraction of sp³-hybridized carbons (Fsp3) is 0.233. The van der Waals surface area contributed by atoms with Crippen molar-refractivity contribution in [2.45, 2.75) is 39.2 Å². The lowest BCUT2D eigenvalue weighted by Gasteiger charge is -2.35. The van der Waals surface area contributed by atoms with Gasteiger partial charge >= 0.3 is 0 Å². The van der Waals surface area contributed by atoms with Gasteiger partial charge in [0.05, 0.1) is 28.5 Å². The van der Waals surface area contributed by atoms with Crippen molar-refractivity contribution in [3.63, 3.8) is 0 Å². The number of benzene rings is 3. The molecule has 7 nitrogen and oxygen atoms in total. The zero-order valence-corrected chi connectivity index (χ0v) is 22.4. The topological polar surface area (TPSA) is 76.2 Å². The molecule has 1 saturated heterocycles. The molecule has 2 aromatic heterocycles. The second-order valence-electron chi connectivity index (χ2n) is 10.0. The minimum Gasteiger partial charge on any atom is -0.383 e. The molecule has 3 heterocycles. The van der Waals surface area contributed by atoms with Gasteiger partial charge in [0.25, 0.3) is 0 Å². The van der Waals surface area contributed by atoms with Gasteiger partial charge in [-0.3, -0.25) is 9.36 Å². The number of aryl methyl sites for hydroxylation is 2. The van der Waals surface area contributed by atoms with Gasteiger partial charge in [0, 0.05) is 42.9 Å². The van der Waals surface area contributed by atoms with Crippen LogP contribution in [0.4, 0.5) is 28.9 Å². The third kappa shape index (κ3) is 4.41. The molecule has 210 valence electrons. The van der Waals surface area contributed by atoms with Crippen molar-refractivity contribution in [2.24, 2.45) is 0 Å². The van der Waals surface area contributed by atoms with Crippen LogP contribution in [0.1, 0.15) is 42.6 Å². The molecule has 1 aliphatic heterocycles. The van der Waals surface area contributed by atoms with Crippen molar-refractivity contribution in [3.05, 3.63) is 89.1 Å². The Hall–Kier alpha value is -4.67. The number of piperidine rings is 1. The molecule has 1 N–H and O–H groups in total. The first-order valence-electron chi connectivity index (χ1n) is 13.1. The molecular weight excluding hydrogens is 538 g/mol. The van der Waals surface area contributed by atoms with Crippen molar-refractivity contribution in [2.75, 3.05) is 17.3 Å². The Kier molecular flexibility index (Phi) is 6.51. The maximum atomic E-state index is 15.0. The summed E-state index contributed by atoms with van der Waals surface area (Å²) in [6, 6.07) is 10.3. The molecule has 1 aliphatic rings. The number of nitrogens with zero attached hydrogens (tertiary/aromatic N) is 4. The number of anilines is 2. The molecule has 0 bridgehead atoms. The fourth-order valence-electron chi connectivity index (χ4n) is 5.65. The highest BCUT2D eigenvalue weighted by Crippen LogP contribution is 2.40. The molecule has 6 rings (SSSR count). The summed E-state index contributed by atoms with van der Waals surface area (Å²) < 4.78 is 65.0. The maximum absolute atomic E-state index is 15.0. The summed E-state index contributed by atoms with van der Waals surface area (Å²) in [7, 11) is 1.42. The molecule has 1 fully saturated rings. The van der Waals surface area contributed by atoms with Crippen molar-refractivity contribution in [3.8, 4) is 16.8 Å². The number of hydrogen-bond acceptors (Lipinski definition) is 5. The fourth-order valence-corrected chi connectivity index (χ4v) is 5.65. The van der Waals surface area contributed by atoms with E-state index in [9.17, 15) is 13.6 Å². The highest BCUT2D eigenvalue weighted by atomic mass is 19.2. The first-order valence-corrected chi connectivity index (χ1v) is 13.1. The lowest BCUT2D eigenvalue weighted by molar-refractivity contribution is -0.120. The Morgan fingerprint density at radius 1 is 0.927 bits per heavy atom. The lowest BCUT2D eigenvalue weighted by atomic mass is 9.99. The Morgan fingerprint density at radius 2 is 1.66 bits per heavy atom. The van der Waals surface area contributed by atoms with E-state index in [-0.39, 0.29) is 29.4 Å². The van der Waals surface area contributed by atoms with Crippen LogP contribution < -0.4 is 10.2 Å². The minimum atomic E-state index is -1.09. The van der Waals surface area contributed by atoms with Crippen LogP contribution in [-0.2, 0) is 4.79 Å². The summed E-state index contributed by atoms with van der Waals surface area (Å²) in [6.07, 6.45) is 1.15. The molecule has 0 radical (unpaired) electrons. The van der Waals surface area contributed by atoms with E-state index in [2.05, 4.69) is 10.5 Å². The average molecular weight is 564 g/mol. The van der Waals surface area contributed by atoms with Gasteiger partial charge in [-0.15, -0.1) is 0 Å². The average Bonchev–Trinajstić information content (AvgIpc) is 3.48. The van der Waals surface area contributed by atoms with E-state index in [0.29, 0.717) is 41.2 Å². The molecule has 1 atom stereocenters. The van der Waals surface area contributed by atoms with Gasteiger partial charge < -0.3 is 14.7 Å². The Bertz CT molecular complexity index is 1790. The number of nitrogens with one attached hydrogen (secondary N) is 1. The van der Waals surface area contributed by atoms with E-state index in [1.165, 1.54) is 30.1 Å². The highest BCUT2D eigenvalue weighted by molar-refractivity contribution is 5.95. The number of hydrogen-bond donors (Lipinski definition) is 1. The van der Waals surface area contributed by atoms with Crippen LogP contribution in [0.3, 0.4) is 0 Å². The lowest BCUT2D eigenvalue weighted by Crippen LogP contribution is -2.39. The smallest absolute Gasteiger partial charge is 0.227 e. The largest absolute Gasteiger partial charge is 0.383 e. The number of rotatable bonds is 5. The van der Waals surface area contributed by atoms with Gasteiger partial charge in [-0.05, 0) is 56.5 Å². The third-order valence-electron chi connectivity index (χ3n) is 7.47. The summed E-state index contributed by atoms with van der Waals surface area (Å²) in [5.41, 5.74) is 3.35. The van der Waals surface area contributed by atoms with Crippen LogP contribution in [0.5, 0.6) is 0 Å². The van der Waals surface area contributed by atoms with E-state index < -0.39 is 29.3 Å². The number of carbonyl (C=O) groups is 1. The van der Waals surface area contributed by atoms with Gasteiger partial charge in [0.2, 0.25) is 5.91 Å². The SMILES string of the molecule is CNc1c(F)cc(-n2c([C@@H]3CCCC(=O)N3c3ccc(F)c(F)c3)nc3cc(-c4c(C)noc4C)ccc32)cc1F. The number of fused-ring (bicyclic) bond motifs is 1. The Morgan fingerprint density at radius 3 is 2.32 bits per heavy atom. The summed E-state index contributed by atoms with van der Waals surface area (Å²) in [4.78, 5) is 19.5. The molecule has 5 aromatic rings. The van der Waals surface area contributed by atoms with E-state index in [1.54, 1.807) is 17.6 Å². The number of carbonyl (C=O) groups excluding carboxylic acids is 1. The second kappa shape index (κ2) is 10.1. The van der Waals surface area contributed by atoms with Gasteiger partial charge in [-0.2, -0.15) is 0 Å². The molecule has 3 aromatic carbocycles. The van der Waals surface area contributed by atoms with Crippen molar-refractivity contribution in [1.82, 2.24) is 14.7 Å². The predicted molar refractivity (Wildman–Crippen MR) is 146 cm³/mol. The van der Waals surface area contributed by atoms with Crippen molar-refractivity contribution in [1.29, 1.82) is 0 Å². The zero-order valence-electron chi connectivity index (χ0n) is 22.4. The van der Waals surface area contributed by atoms with Crippen molar-refractivity contribution >= 4 is 28.3 Å². The van der Waals surface area contributed by atoms with E-state index in [4.69, 9.17) is 9.51 Å². The minimum absolute atomic E-state index is 0.157. The molecular formula is C30H25F4N5O2. The van der Waals surface area contributed by atoms with Gasteiger partial charge in [0.15, 0.2) is 23.3 Å². The Balaban J connectivity index is 1.60. The maximum Gasteiger partial charge on any atom is 0.227 e. The Labute approximate surface area is 232 Å². The normalized spacial score (nSPS) is 15.6. The van der Waals surface area contributed by atoms with Crippen LogP contribution in [0.25, 0.3) is 27.8 Å². The molecule has 0 saturated carbocycles. The molecule has 0 aliphatic carbocycles. The number of halogens is 4. The molecule has 1 amide bonds. The molecule has 41 heavy (non-hydrogen) atoms. The van der Waals surface area contributed by atoms with Crippen LogP contribution in [0, 0.1) is 37.1 Å². The molecule has 0 unspecified atom stereocenters. The van der Waals surface area contributed by atoms with E-state index in [1.807, 2.05) is 19.1 Å². The monoisotopic (exact) mass is 563 g/mol. The third-order valence-corrected chi connectivity index (χ3v) is 7.47. The first-order chi connectivity index (χ1) is 19.7. The summed E-state index contributed by atoms with van der Waals surface area (Å²) in [6.45, 7) is 3.62. The van der Waals surface area contributed by atoms with Crippen LogP contribution in [-0.4, -0.2) is 27.7 Å². The van der Waals surface area contributed by atoms with Crippen LogP contribution in [0.2, 0.25) is 0 Å². The highest BCUT2D eigenvalue weighted by Gasteiger charge is 2.35. The predicted octanol–water partition coefficient (Wildman–Crippen LogP) is 7.15. The van der Waals surface area contributed by atoms with Crippen molar-refractivity contribution < 1.29 is 26.9 Å². The first kappa shape index (κ1) is 26.5. The van der Waals surface area contributed by atoms with Crippen LogP contribution in [0.15, 0.2) is 53.1 Å². The molecule has 11 heteroatoms. The summed E-state index contributed by atoms with van der Waals surface area (Å²) in [5, 5.41) is 6.55. The number of imidazole rings is 1. The van der Waals surface area contributed by atoms with E-state index >= 15 is 8.78 Å². The van der Waals surface area contributed by atoms with Crippen LogP contribution >= 0.6 is 0 Å². The van der Waals surface area contributed by atoms with Gasteiger partial charge in [-0.25, -0.2) is 22.5 Å². The van der Waals surface area contributed by atoms with E-state index in [0.717, 1.165) is 23.3 Å². The second-order valence-corrected chi connectivity index (χ2v) is 10.0. The van der Waals surface area contributed by atoms with Gasteiger partial charge in [-0.1, -0.05) is 11.2 Å².